The van der Waals surface area contributed by atoms with Gasteiger partial charge < -0.3 is 14.4 Å². The van der Waals surface area contributed by atoms with Gasteiger partial charge in [-0.2, -0.15) is 0 Å². The number of carbonyl (C=O) groups is 2. The van der Waals surface area contributed by atoms with E-state index in [2.05, 4.69) is 0 Å². The van der Waals surface area contributed by atoms with Crippen LogP contribution in [0.15, 0.2) is 52.7 Å². The van der Waals surface area contributed by atoms with E-state index in [-0.39, 0.29) is 35.0 Å². The molecule has 0 unspecified atom stereocenters. The maximum absolute atomic E-state index is 12.8. The molecule has 0 radical (unpaired) electrons. The number of sulfone groups is 1. The van der Waals surface area contributed by atoms with Crippen LogP contribution in [0.4, 0.5) is 0 Å². The molecule has 2 aromatic rings. The van der Waals surface area contributed by atoms with E-state index in [1.165, 1.54) is 23.3 Å². The first-order chi connectivity index (χ1) is 13.3. The highest BCUT2D eigenvalue weighted by Crippen LogP contribution is 2.42. The van der Waals surface area contributed by atoms with Crippen molar-refractivity contribution in [3.05, 3.63) is 64.6 Å². The molecule has 4 rings (SSSR count). The standard InChI is InChI=1S/C19H16ClNO6S/c20-12-5-3-11(4-6-12)17(22)15-16(14-2-1-8-27-14)21(19(24)18(15)23)13-7-9-28(25,26)10-13/h1-6,8,13,16,22H,7,9-10H2/t13-,16-/m1/s1. The van der Waals surface area contributed by atoms with Crippen molar-refractivity contribution in [3.8, 4) is 0 Å². The predicted octanol–water partition coefficient (Wildman–Crippen LogP) is 2.54. The zero-order valence-electron chi connectivity index (χ0n) is 14.5. The lowest BCUT2D eigenvalue weighted by Crippen LogP contribution is -2.40. The number of aliphatic hydroxyl groups is 1. The summed E-state index contributed by atoms with van der Waals surface area (Å²) < 4.78 is 29.3. The molecule has 0 saturated carbocycles. The molecule has 3 heterocycles. The van der Waals surface area contributed by atoms with Gasteiger partial charge in [0.25, 0.3) is 11.7 Å². The number of likely N-dealkylation sites (tertiary alicyclic amines) is 1. The molecule has 2 atom stereocenters. The molecule has 1 amide bonds. The SMILES string of the molecule is O=C1C(=O)N([C@@H]2CCS(=O)(=O)C2)[C@H](c2ccco2)C1=C(O)c1ccc(Cl)cc1. The first-order valence-electron chi connectivity index (χ1n) is 8.58. The molecule has 0 bridgehead atoms. The Labute approximate surface area is 166 Å². The highest BCUT2D eigenvalue weighted by atomic mass is 35.5. The van der Waals surface area contributed by atoms with E-state index in [1.54, 1.807) is 24.3 Å². The minimum Gasteiger partial charge on any atom is -0.507 e. The van der Waals surface area contributed by atoms with Gasteiger partial charge in [0.05, 0.1) is 23.3 Å². The van der Waals surface area contributed by atoms with Crippen molar-refractivity contribution < 1.29 is 27.5 Å². The Morgan fingerprint density at radius 3 is 2.46 bits per heavy atom. The Hall–Kier alpha value is -2.58. The number of nitrogens with zero attached hydrogens (tertiary/aromatic N) is 1. The number of aliphatic hydroxyl groups excluding tert-OH is 1. The van der Waals surface area contributed by atoms with Crippen LogP contribution in [-0.2, 0) is 19.4 Å². The van der Waals surface area contributed by atoms with Crippen LogP contribution in [0.3, 0.4) is 0 Å². The van der Waals surface area contributed by atoms with Gasteiger partial charge in [-0.25, -0.2) is 8.42 Å². The summed E-state index contributed by atoms with van der Waals surface area (Å²) >= 11 is 5.87. The molecule has 2 saturated heterocycles. The van der Waals surface area contributed by atoms with Crippen LogP contribution in [0.2, 0.25) is 5.02 Å². The lowest BCUT2D eigenvalue weighted by Gasteiger charge is -2.28. The highest BCUT2D eigenvalue weighted by Gasteiger charge is 2.52. The summed E-state index contributed by atoms with van der Waals surface area (Å²) in [7, 11) is -3.29. The van der Waals surface area contributed by atoms with Crippen molar-refractivity contribution >= 4 is 38.9 Å². The van der Waals surface area contributed by atoms with E-state index >= 15 is 0 Å². The second-order valence-electron chi connectivity index (χ2n) is 6.79. The summed E-state index contributed by atoms with van der Waals surface area (Å²) in [6.07, 6.45) is 1.62. The molecular weight excluding hydrogens is 406 g/mol. The zero-order chi connectivity index (χ0) is 20.1. The maximum atomic E-state index is 12.8. The van der Waals surface area contributed by atoms with Gasteiger partial charge in [0.1, 0.15) is 17.6 Å². The second kappa shape index (κ2) is 6.79. The van der Waals surface area contributed by atoms with E-state index in [0.29, 0.717) is 10.6 Å². The maximum Gasteiger partial charge on any atom is 0.296 e. The molecule has 146 valence electrons. The molecule has 0 aliphatic carbocycles. The summed E-state index contributed by atoms with van der Waals surface area (Å²) in [5.74, 6) is -2.09. The Morgan fingerprint density at radius 1 is 1.18 bits per heavy atom. The van der Waals surface area contributed by atoms with Gasteiger partial charge in [-0.05, 0) is 42.8 Å². The summed E-state index contributed by atoms with van der Waals surface area (Å²) in [6.45, 7) is 0. The smallest absolute Gasteiger partial charge is 0.296 e. The Morgan fingerprint density at radius 2 is 1.89 bits per heavy atom. The fourth-order valence-corrected chi connectivity index (χ4v) is 5.55. The van der Waals surface area contributed by atoms with Crippen molar-refractivity contribution in [2.24, 2.45) is 0 Å². The fourth-order valence-electron chi connectivity index (χ4n) is 3.71. The Bertz CT molecular complexity index is 1070. The predicted molar refractivity (Wildman–Crippen MR) is 101 cm³/mol. The third-order valence-corrected chi connectivity index (χ3v) is 7.01. The van der Waals surface area contributed by atoms with E-state index in [9.17, 15) is 23.1 Å². The van der Waals surface area contributed by atoms with E-state index in [0.717, 1.165) is 0 Å². The van der Waals surface area contributed by atoms with Crippen LogP contribution in [0.5, 0.6) is 0 Å². The van der Waals surface area contributed by atoms with Crippen molar-refractivity contribution in [2.45, 2.75) is 18.5 Å². The lowest BCUT2D eigenvalue weighted by molar-refractivity contribution is -0.141. The number of Topliss-reactive ketones (excluding diaryl/α,β-unsaturated/α-hetero) is 1. The molecule has 7 nitrogen and oxygen atoms in total. The number of carbonyl (C=O) groups excluding carboxylic acids is 2. The minimum atomic E-state index is -3.29. The molecule has 2 fully saturated rings. The summed E-state index contributed by atoms with van der Waals surface area (Å²) in [4.78, 5) is 26.8. The number of furan rings is 1. The number of amides is 1. The molecule has 28 heavy (non-hydrogen) atoms. The van der Waals surface area contributed by atoms with E-state index < -0.39 is 33.6 Å². The summed E-state index contributed by atoms with van der Waals surface area (Å²) in [5, 5.41) is 11.3. The molecule has 1 aromatic heterocycles. The van der Waals surface area contributed by atoms with Gasteiger partial charge in [0, 0.05) is 16.6 Å². The first kappa shape index (κ1) is 18.8. The number of halogens is 1. The average Bonchev–Trinajstić information content (AvgIpc) is 3.35. The number of hydrogen-bond donors (Lipinski definition) is 1. The van der Waals surface area contributed by atoms with Gasteiger partial charge >= 0.3 is 0 Å². The number of benzene rings is 1. The van der Waals surface area contributed by atoms with Gasteiger partial charge in [0.2, 0.25) is 0 Å². The number of ketones is 1. The Balaban J connectivity index is 1.86. The highest BCUT2D eigenvalue weighted by molar-refractivity contribution is 7.91. The monoisotopic (exact) mass is 421 g/mol. The largest absolute Gasteiger partial charge is 0.507 e. The van der Waals surface area contributed by atoms with Crippen LogP contribution in [0, 0.1) is 0 Å². The van der Waals surface area contributed by atoms with Crippen LogP contribution < -0.4 is 0 Å². The molecule has 1 N–H and O–H groups in total. The quantitative estimate of drug-likeness (QED) is 0.464. The van der Waals surface area contributed by atoms with Gasteiger partial charge in [-0.3, -0.25) is 9.59 Å². The van der Waals surface area contributed by atoms with Crippen molar-refractivity contribution in [1.82, 2.24) is 4.90 Å². The summed E-state index contributed by atoms with van der Waals surface area (Å²) in [6, 6.07) is 7.70. The average molecular weight is 422 g/mol. The van der Waals surface area contributed by atoms with E-state index in [1.807, 2.05) is 0 Å². The number of hydrogen-bond acceptors (Lipinski definition) is 6. The van der Waals surface area contributed by atoms with Gasteiger partial charge in [-0.1, -0.05) is 11.6 Å². The van der Waals surface area contributed by atoms with Gasteiger partial charge in [0.15, 0.2) is 9.84 Å². The van der Waals surface area contributed by atoms with Crippen molar-refractivity contribution in [2.75, 3.05) is 11.5 Å². The van der Waals surface area contributed by atoms with Crippen LogP contribution in [0.1, 0.15) is 23.8 Å². The normalized spacial score (nSPS) is 26.1. The van der Waals surface area contributed by atoms with E-state index in [4.69, 9.17) is 16.0 Å². The van der Waals surface area contributed by atoms with Crippen LogP contribution in [-0.4, -0.2) is 47.7 Å². The van der Waals surface area contributed by atoms with Crippen LogP contribution in [0.25, 0.3) is 5.76 Å². The first-order valence-corrected chi connectivity index (χ1v) is 10.8. The Kier molecular flexibility index (Phi) is 4.55. The third-order valence-electron chi connectivity index (χ3n) is 5.01. The molecule has 2 aliphatic rings. The summed E-state index contributed by atoms with van der Waals surface area (Å²) in [5.41, 5.74) is 0.185. The fraction of sp³-hybridized carbons (Fsp3) is 0.263. The molecule has 0 spiro atoms. The van der Waals surface area contributed by atoms with Gasteiger partial charge in [-0.15, -0.1) is 0 Å². The zero-order valence-corrected chi connectivity index (χ0v) is 16.1. The number of rotatable bonds is 3. The van der Waals surface area contributed by atoms with Crippen LogP contribution >= 0.6 is 11.6 Å². The van der Waals surface area contributed by atoms with Crippen molar-refractivity contribution in [3.63, 3.8) is 0 Å². The minimum absolute atomic E-state index is 0.0529. The lowest BCUT2D eigenvalue weighted by atomic mass is 9.99. The molecule has 9 heteroatoms. The molecule has 2 aliphatic heterocycles. The topological polar surface area (TPSA) is 105 Å². The second-order valence-corrected chi connectivity index (χ2v) is 9.45. The third kappa shape index (κ3) is 3.12. The molecular formula is C19H16ClNO6S. The van der Waals surface area contributed by atoms with Crippen molar-refractivity contribution in [1.29, 1.82) is 0 Å². The molecule has 1 aromatic carbocycles.